The van der Waals surface area contributed by atoms with Crippen molar-refractivity contribution in [1.29, 1.82) is 0 Å². The fourth-order valence-electron chi connectivity index (χ4n) is 1.64. The van der Waals surface area contributed by atoms with E-state index in [-0.39, 0.29) is 18.2 Å². The summed E-state index contributed by atoms with van der Waals surface area (Å²) < 4.78 is 24.9. The Bertz CT molecular complexity index is 687. The molecule has 1 aromatic heterocycles. The lowest BCUT2D eigenvalue weighted by Gasteiger charge is -2.09. The van der Waals surface area contributed by atoms with Crippen LogP contribution in [-0.4, -0.2) is 37.7 Å². The standard InChI is InChI=1S/C11H15N5O2S/c1-13-19(17,18)7-6-14-10-8-4-2-3-5-9(8)15-11(12)16-10/h2-5,13H,6-7H2,1H3,(H3,12,14,15,16). The van der Waals surface area contributed by atoms with Crippen LogP contribution in [0.4, 0.5) is 11.8 Å². The van der Waals surface area contributed by atoms with Crippen molar-refractivity contribution in [2.24, 2.45) is 0 Å². The van der Waals surface area contributed by atoms with Crippen molar-refractivity contribution in [1.82, 2.24) is 14.7 Å². The number of nitrogen functional groups attached to an aromatic ring is 1. The van der Waals surface area contributed by atoms with Crippen LogP contribution in [0.1, 0.15) is 0 Å². The Morgan fingerprint density at radius 1 is 1.26 bits per heavy atom. The molecule has 0 fully saturated rings. The van der Waals surface area contributed by atoms with Gasteiger partial charge in [0.05, 0.1) is 11.3 Å². The molecule has 8 heteroatoms. The predicted octanol–water partition coefficient (Wildman–Crippen LogP) is 0.173. The Balaban J connectivity index is 2.21. The van der Waals surface area contributed by atoms with Crippen LogP contribution >= 0.6 is 0 Å². The average molecular weight is 281 g/mol. The minimum Gasteiger partial charge on any atom is -0.368 e. The molecule has 7 nitrogen and oxygen atoms in total. The summed E-state index contributed by atoms with van der Waals surface area (Å²) >= 11 is 0. The molecule has 2 aromatic rings. The number of rotatable bonds is 5. The topological polar surface area (TPSA) is 110 Å². The van der Waals surface area contributed by atoms with Gasteiger partial charge in [-0.05, 0) is 19.2 Å². The molecule has 0 aliphatic carbocycles. The Labute approximate surface area is 111 Å². The zero-order valence-corrected chi connectivity index (χ0v) is 11.2. The highest BCUT2D eigenvalue weighted by atomic mass is 32.2. The van der Waals surface area contributed by atoms with Gasteiger partial charge in [0, 0.05) is 11.9 Å². The van der Waals surface area contributed by atoms with E-state index < -0.39 is 10.0 Å². The first-order chi connectivity index (χ1) is 9.02. The molecule has 102 valence electrons. The molecule has 0 bridgehead atoms. The number of nitrogens with two attached hydrogens (primary N) is 1. The maximum atomic E-state index is 11.3. The van der Waals surface area contributed by atoms with Crippen LogP contribution < -0.4 is 15.8 Å². The number of nitrogens with one attached hydrogen (secondary N) is 2. The van der Waals surface area contributed by atoms with Crippen LogP contribution in [0.25, 0.3) is 10.9 Å². The average Bonchev–Trinajstić information content (AvgIpc) is 2.38. The monoisotopic (exact) mass is 281 g/mol. The number of hydrogen-bond acceptors (Lipinski definition) is 6. The molecule has 0 radical (unpaired) electrons. The maximum Gasteiger partial charge on any atom is 0.222 e. The number of sulfonamides is 1. The van der Waals surface area contributed by atoms with Crippen molar-refractivity contribution >= 4 is 32.7 Å². The third-order valence-corrected chi connectivity index (χ3v) is 3.96. The number of nitrogens with zero attached hydrogens (tertiary/aromatic N) is 2. The van der Waals surface area contributed by atoms with Gasteiger partial charge in [-0.1, -0.05) is 12.1 Å². The van der Waals surface area contributed by atoms with Crippen molar-refractivity contribution in [3.8, 4) is 0 Å². The lowest BCUT2D eigenvalue weighted by atomic mass is 10.2. The summed E-state index contributed by atoms with van der Waals surface area (Å²) in [7, 11) is -1.86. The summed E-state index contributed by atoms with van der Waals surface area (Å²) in [5.41, 5.74) is 6.33. The molecule has 0 amide bonds. The molecular formula is C11H15N5O2S. The predicted molar refractivity (Wildman–Crippen MR) is 75.3 cm³/mol. The molecule has 2 rings (SSSR count). The third kappa shape index (κ3) is 3.30. The number of fused-ring (bicyclic) bond motifs is 1. The van der Waals surface area contributed by atoms with Crippen LogP contribution in [0.5, 0.6) is 0 Å². The van der Waals surface area contributed by atoms with Crippen LogP contribution in [0.15, 0.2) is 24.3 Å². The van der Waals surface area contributed by atoms with E-state index in [1.54, 1.807) is 0 Å². The minimum atomic E-state index is -3.24. The Morgan fingerprint density at radius 3 is 2.74 bits per heavy atom. The molecule has 0 aliphatic rings. The molecule has 1 aromatic carbocycles. The zero-order valence-electron chi connectivity index (χ0n) is 10.4. The molecule has 4 N–H and O–H groups in total. The van der Waals surface area contributed by atoms with Gasteiger partial charge in [0.25, 0.3) is 0 Å². The summed E-state index contributed by atoms with van der Waals surface area (Å²) in [5.74, 6) is 0.647. The van der Waals surface area contributed by atoms with Crippen LogP contribution in [0.3, 0.4) is 0 Å². The van der Waals surface area contributed by atoms with Crippen LogP contribution in [0.2, 0.25) is 0 Å². The number of hydrogen-bond donors (Lipinski definition) is 3. The number of benzene rings is 1. The highest BCUT2D eigenvalue weighted by Crippen LogP contribution is 2.20. The number of anilines is 2. The van der Waals surface area contributed by atoms with Gasteiger partial charge in [-0.25, -0.2) is 18.1 Å². The van der Waals surface area contributed by atoms with Crippen molar-refractivity contribution in [2.45, 2.75) is 0 Å². The van der Waals surface area contributed by atoms with E-state index in [4.69, 9.17) is 5.73 Å². The van der Waals surface area contributed by atoms with Crippen molar-refractivity contribution < 1.29 is 8.42 Å². The molecular weight excluding hydrogens is 266 g/mol. The second kappa shape index (κ2) is 5.37. The smallest absolute Gasteiger partial charge is 0.222 e. The van der Waals surface area contributed by atoms with E-state index in [0.717, 1.165) is 5.39 Å². The molecule has 0 aliphatic heterocycles. The van der Waals surface area contributed by atoms with Crippen molar-refractivity contribution in [2.75, 3.05) is 30.4 Å². The largest absolute Gasteiger partial charge is 0.368 e. The summed E-state index contributed by atoms with van der Waals surface area (Å²) in [6.45, 7) is 0.240. The van der Waals surface area contributed by atoms with E-state index in [1.807, 2.05) is 24.3 Å². The van der Waals surface area contributed by atoms with E-state index in [2.05, 4.69) is 20.0 Å². The number of aromatic nitrogens is 2. The Kier molecular flexibility index (Phi) is 3.82. The Hall–Kier alpha value is -1.93. The molecule has 0 unspecified atom stereocenters. The lowest BCUT2D eigenvalue weighted by molar-refractivity contribution is 0.588. The van der Waals surface area contributed by atoms with Crippen LogP contribution in [0, 0.1) is 0 Å². The maximum absolute atomic E-state index is 11.3. The fourth-order valence-corrected chi connectivity index (χ4v) is 2.21. The first kappa shape index (κ1) is 13.5. The van der Waals surface area contributed by atoms with Crippen molar-refractivity contribution in [3.05, 3.63) is 24.3 Å². The molecule has 0 atom stereocenters. The first-order valence-electron chi connectivity index (χ1n) is 5.69. The Morgan fingerprint density at radius 2 is 2.00 bits per heavy atom. The van der Waals surface area contributed by atoms with E-state index >= 15 is 0 Å². The zero-order chi connectivity index (χ0) is 13.9. The molecule has 0 spiro atoms. The molecule has 19 heavy (non-hydrogen) atoms. The van der Waals surface area contributed by atoms with Gasteiger partial charge in [-0.3, -0.25) is 0 Å². The summed E-state index contributed by atoms with van der Waals surface area (Å²) in [6, 6.07) is 7.38. The number of para-hydroxylation sites is 1. The minimum absolute atomic E-state index is 0.0399. The second-order valence-electron chi connectivity index (χ2n) is 3.90. The molecule has 0 saturated carbocycles. The quantitative estimate of drug-likeness (QED) is 0.721. The van der Waals surface area contributed by atoms with Crippen LogP contribution in [-0.2, 0) is 10.0 Å². The van der Waals surface area contributed by atoms with Gasteiger partial charge >= 0.3 is 0 Å². The third-order valence-electron chi connectivity index (χ3n) is 2.59. The summed E-state index contributed by atoms with van der Waals surface area (Å²) in [6.07, 6.45) is 0. The van der Waals surface area contributed by atoms with E-state index in [1.165, 1.54) is 7.05 Å². The second-order valence-corrected chi connectivity index (χ2v) is 5.94. The van der Waals surface area contributed by atoms with Gasteiger partial charge < -0.3 is 11.1 Å². The van der Waals surface area contributed by atoms with Gasteiger partial charge in [0.1, 0.15) is 5.82 Å². The summed E-state index contributed by atoms with van der Waals surface area (Å²) in [4.78, 5) is 8.19. The fraction of sp³-hybridized carbons (Fsp3) is 0.273. The van der Waals surface area contributed by atoms with Gasteiger partial charge in [0.15, 0.2) is 0 Å². The normalized spacial score (nSPS) is 11.6. The highest BCUT2D eigenvalue weighted by Gasteiger charge is 2.08. The van der Waals surface area contributed by atoms with Gasteiger partial charge in [0.2, 0.25) is 16.0 Å². The van der Waals surface area contributed by atoms with E-state index in [9.17, 15) is 8.42 Å². The first-order valence-corrected chi connectivity index (χ1v) is 7.34. The van der Waals surface area contributed by atoms with E-state index in [0.29, 0.717) is 11.3 Å². The summed E-state index contributed by atoms with van der Waals surface area (Å²) in [5, 5.41) is 3.77. The van der Waals surface area contributed by atoms with Crippen molar-refractivity contribution in [3.63, 3.8) is 0 Å². The van der Waals surface area contributed by atoms with Gasteiger partial charge in [-0.2, -0.15) is 4.98 Å². The SMILES string of the molecule is CNS(=O)(=O)CCNc1nc(N)nc2ccccc12. The highest BCUT2D eigenvalue weighted by molar-refractivity contribution is 7.89. The van der Waals surface area contributed by atoms with Gasteiger partial charge in [-0.15, -0.1) is 0 Å². The molecule has 1 heterocycles. The lowest BCUT2D eigenvalue weighted by Crippen LogP contribution is -2.26. The molecule has 0 saturated heterocycles.